The van der Waals surface area contributed by atoms with Crippen LogP contribution in [0.4, 0.5) is 13.2 Å². The molecule has 1 N–H and O–H groups in total. The van der Waals surface area contributed by atoms with Gasteiger partial charge < -0.3 is 10.2 Å². The van der Waals surface area contributed by atoms with Crippen LogP contribution in [0.25, 0.3) is 0 Å². The average Bonchev–Trinajstić information content (AvgIpc) is 2.37. The van der Waals surface area contributed by atoms with Crippen LogP contribution in [-0.2, 0) is 0 Å². The van der Waals surface area contributed by atoms with Gasteiger partial charge in [0.05, 0.1) is 11.6 Å². The SMILES string of the molecule is C=C(N=C(C)N(C)C)N[C@H](C)c1cccc(C(F)F)c1F. The van der Waals surface area contributed by atoms with Crippen LogP contribution < -0.4 is 5.32 Å². The highest BCUT2D eigenvalue weighted by atomic mass is 19.3. The molecule has 0 aliphatic carbocycles. The van der Waals surface area contributed by atoms with Gasteiger partial charge in [-0.25, -0.2) is 18.2 Å². The second-order valence-electron chi connectivity index (χ2n) is 4.92. The van der Waals surface area contributed by atoms with Crippen molar-refractivity contribution in [3.05, 3.63) is 47.5 Å². The molecule has 0 saturated heterocycles. The molecule has 0 radical (unpaired) electrons. The first-order valence-corrected chi connectivity index (χ1v) is 6.48. The van der Waals surface area contributed by atoms with Crippen LogP contribution in [-0.4, -0.2) is 24.8 Å². The Hall–Kier alpha value is -1.98. The lowest BCUT2D eigenvalue weighted by Gasteiger charge is -2.18. The molecule has 0 fully saturated rings. The molecule has 21 heavy (non-hydrogen) atoms. The topological polar surface area (TPSA) is 27.6 Å². The molecular weight excluding hydrogens is 279 g/mol. The molecule has 116 valence electrons. The molecule has 1 rings (SSSR count). The summed E-state index contributed by atoms with van der Waals surface area (Å²) in [5.41, 5.74) is -0.439. The second-order valence-corrected chi connectivity index (χ2v) is 4.92. The van der Waals surface area contributed by atoms with E-state index in [4.69, 9.17) is 0 Å². The maximum absolute atomic E-state index is 14.0. The first kappa shape index (κ1) is 17.1. The quantitative estimate of drug-likeness (QED) is 0.660. The number of benzene rings is 1. The van der Waals surface area contributed by atoms with E-state index >= 15 is 0 Å². The van der Waals surface area contributed by atoms with Gasteiger partial charge >= 0.3 is 0 Å². The lowest BCUT2D eigenvalue weighted by Crippen LogP contribution is -2.22. The standard InChI is InChI=1S/C15H20F3N3/c1-9(19-10(2)20-11(3)21(4)5)12-7-6-8-13(14(12)16)15(17)18/h6-9,15,19H,2H2,1,3-5H3/t9-/m1/s1. The number of rotatable bonds is 5. The summed E-state index contributed by atoms with van der Waals surface area (Å²) in [5, 5.41) is 2.90. The van der Waals surface area contributed by atoms with E-state index < -0.39 is 23.8 Å². The Morgan fingerprint density at radius 2 is 1.86 bits per heavy atom. The van der Waals surface area contributed by atoms with Crippen molar-refractivity contribution in [3.8, 4) is 0 Å². The van der Waals surface area contributed by atoms with Crippen molar-refractivity contribution < 1.29 is 13.2 Å². The molecule has 0 aliphatic rings. The molecule has 0 amide bonds. The van der Waals surface area contributed by atoms with E-state index in [0.29, 0.717) is 5.82 Å². The minimum Gasteiger partial charge on any atom is -0.366 e. The number of aliphatic imine (C=N–C) groups is 1. The molecule has 0 unspecified atom stereocenters. The van der Waals surface area contributed by atoms with Gasteiger partial charge in [0.1, 0.15) is 17.5 Å². The predicted octanol–water partition coefficient (Wildman–Crippen LogP) is 3.87. The van der Waals surface area contributed by atoms with Gasteiger partial charge in [-0.1, -0.05) is 24.8 Å². The van der Waals surface area contributed by atoms with E-state index in [1.807, 2.05) is 14.1 Å². The van der Waals surface area contributed by atoms with Gasteiger partial charge in [-0.15, -0.1) is 0 Å². The van der Waals surface area contributed by atoms with E-state index in [9.17, 15) is 13.2 Å². The summed E-state index contributed by atoms with van der Waals surface area (Å²) in [6.45, 7) is 7.20. The zero-order valence-corrected chi connectivity index (χ0v) is 12.6. The Bertz CT molecular complexity index is 539. The molecule has 0 spiro atoms. The van der Waals surface area contributed by atoms with Crippen molar-refractivity contribution in [2.24, 2.45) is 4.99 Å². The summed E-state index contributed by atoms with van der Waals surface area (Å²) in [6, 6.07) is 3.44. The summed E-state index contributed by atoms with van der Waals surface area (Å²) in [5.74, 6) is 0.172. The molecule has 6 heteroatoms. The lowest BCUT2D eigenvalue weighted by molar-refractivity contribution is 0.146. The molecule has 0 aliphatic heterocycles. The third-order valence-electron chi connectivity index (χ3n) is 3.09. The number of nitrogens with zero attached hydrogens (tertiary/aromatic N) is 2. The predicted molar refractivity (Wildman–Crippen MR) is 78.8 cm³/mol. The fourth-order valence-corrected chi connectivity index (χ4v) is 1.73. The molecule has 0 bridgehead atoms. The van der Waals surface area contributed by atoms with Crippen LogP contribution >= 0.6 is 0 Å². The Labute approximate surface area is 123 Å². The lowest BCUT2D eigenvalue weighted by atomic mass is 10.0. The highest BCUT2D eigenvalue weighted by molar-refractivity contribution is 5.80. The van der Waals surface area contributed by atoms with E-state index in [1.165, 1.54) is 12.1 Å². The maximum Gasteiger partial charge on any atom is 0.266 e. The van der Waals surface area contributed by atoms with Crippen molar-refractivity contribution >= 4 is 5.84 Å². The maximum atomic E-state index is 14.0. The first-order chi connectivity index (χ1) is 9.73. The van der Waals surface area contributed by atoms with Gasteiger partial charge in [0.2, 0.25) is 0 Å². The van der Waals surface area contributed by atoms with Gasteiger partial charge in [0.15, 0.2) is 0 Å². The molecule has 1 aromatic carbocycles. The minimum atomic E-state index is -2.84. The Morgan fingerprint density at radius 1 is 1.29 bits per heavy atom. The monoisotopic (exact) mass is 299 g/mol. The zero-order valence-electron chi connectivity index (χ0n) is 12.6. The van der Waals surface area contributed by atoms with Crippen molar-refractivity contribution in [2.75, 3.05) is 14.1 Å². The van der Waals surface area contributed by atoms with E-state index in [-0.39, 0.29) is 5.56 Å². The third-order valence-corrected chi connectivity index (χ3v) is 3.09. The highest BCUT2D eigenvalue weighted by Gasteiger charge is 2.19. The Kier molecular flexibility index (Phi) is 5.81. The van der Waals surface area contributed by atoms with Crippen LogP contribution in [0.5, 0.6) is 0 Å². The summed E-state index contributed by atoms with van der Waals surface area (Å²) in [4.78, 5) is 6.00. The number of halogens is 3. The van der Waals surface area contributed by atoms with E-state index in [0.717, 1.165) is 11.9 Å². The largest absolute Gasteiger partial charge is 0.366 e. The van der Waals surface area contributed by atoms with Crippen molar-refractivity contribution in [1.82, 2.24) is 10.2 Å². The normalized spacial score (nSPS) is 13.2. The van der Waals surface area contributed by atoms with Crippen LogP contribution in [0.15, 0.2) is 35.6 Å². The van der Waals surface area contributed by atoms with Gasteiger partial charge in [0, 0.05) is 19.7 Å². The number of hydrogen-bond donors (Lipinski definition) is 1. The summed E-state index contributed by atoms with van der Waals surface area (Å²) in [6.07, 6.45) is -2.84. The van der Waals surface area contributed by atoms with Crippen LogP contribution in [0.2, 0.25) is 0 Å². The molecular formula is C15H20F3N3. The van der Waals surface area contributed by atoms with Crippen LogP contribution in [0, 0.1) is 5.82 Å². The minimum absolute atomic E-state index is 0.159. The molecule has 1 atom stereocenters. The van der Waals surface area contributed by atoms with Crippen molar-refractivity contribution in [3.63, 3.8) is 0 Å². The summed E-state index contributed by atoms with van der Waals surface area (Å²) in [7, 11) is 3.67. The fourth-order valence-electron chi connectivity index (χ4n) is 1.73. The number of nitrogens with one attached hydrogen (secondary N) is 1. The molecule has 3 nitrogen and oxygen atoms in total. The van der Waals surface area contributed by atoms with Gasteiger partial charge in [-0.2, -0.15) is 0 Å². The number of hydrogen-bond acceptors (Lipinski definition) is 2. The van der Waals surface area contributed by atoms with Crippen LogP contribution in [0.1, 0.15) is 37.4 Å². The molecule has 0 saturated carbocycles. The Morgan fingerprint density at radius 3 is 2.38 bits per heavy atom. The van der Waals surface area contributed by atoms with E-state index in [2.05, 4.69) is 16.9 Å². The molecule has 0 heterocycles. The first-order valence-electron chi connectivity index (χ1n) is 6.48. The number of amidine groups is 1. The molecule has 1 aromatic rings. The van der Waals surface area contributed by atoms with Gasteiger partial charge in [-0.3, -0.25) is 0 Å². The van der Waals surface area contributed by atoms with E-state index in [1.54, 1.807) is 18.7 Å². The molecule has 0 aromatic heterocycles. The fraction of sp³-hybridized carbons (Fsp3) is 0.400. The smallest absolute Gasteiger partial charge is 0.266 e. The van der Waals surface area contributed by atoms with Gasteiger partial charge in [0.25, 0.3) is 6.43 Å². The second kappa shape index (κ2) is 7.15. The zero-order chi connectivity index (χ0) is 16.2. The highest BCUT2D eigenvalue weighted by Crippen LogP contribution is 2.27. The summed E-state index contributed by atoms with van der Waals surface area (Å²) < 4.78 is 39.4. The average molecular weight is 299 g/mol. The summed E-state index contributed by atoms with van der Waals surface area (Å²) >= 11 is 0. The van der Waals surface area contributed by atoms with Crippen molar-refractivity contribution in [2.45, 2.75) is 26.3 Å². The van der Waals surface area contributed by atoms with Crippen LogP contribution in [0.3, 0.4) is 0 Å². The third kappa shape index (κ3) is 4.51. The number of alkyl halides is 2. The van der Waals surface area contributed by atoms with Gasteiger partial charge in [-0.05, 0) is 13.8 Å². The van der Waals surface area contributed by atoms with Crippen molar-refractivity contribution in [1.29, 1.82) is 0 Å². The Balaban J connectivity index is 2.90.